The molecule has 176 valence electrons. The average Bonchev–Trinajstić information content (AvgIpc) is 3.28. The fraction of sp³-hybridized carbons (Fsp3) is 0.167. The second-order valence-electron chi connectivity index (χ2n) is 7.85. The Kier molecular flexibility index (Phi) is 6.95. The van der Waals surface area contributed by atoms with Crippen LogP contribution < -0.4 is 0 Å². The highest BCUT2D eigenvalue weighted by Crippen LogP contribution is 2.25. The van der Waals surface area contributed by atoms with E-state index in [0.29, 0.717) is 29.2 Å². The van der Waals surface area contributed by atoms with Gasteiger partial charge in [0.15, 0.2) is 0 Å². The van der Waals surface area contributed by atoms with Gasteiger partial charge in [-0.05, 0) is 48.5 Å². The fourth-order valence-corrected chi connectivity index (χ4v) is 5.60. The summed E-state index contributed by atoms with van der Waals surface area (Å²) in [5.74, 6) is -0.111. The van der Waals surface area contributed by atoms with Gasteiger partial charge in [0.05, 0.1) is 5.69 Å². The zero-order valence-electron chi connectivity index (χ0n) is 18.0. The van der Waals surface area contributed by atoms with Crippen molar-refractivity contribution in [3.8, 4) is 11.3 Å². The van der Waals surface area contributed by atoms with Crippen molar-refractivity contribution in [2.75, 3.05) is 26.2 Å². The summed E-state index contributed by atoms with van der Waals surface area (Å²) < 4.78 is 27.6. The molecule has 1 amide bonds. The molecule has 0 radical (unpaired) electrons. The van der Waals surface area contributed by atoms with Gasteiger partial charge in [0.25, 0.3) is 15.9 Å². The Morgan fingerprint density at radius 1 is 0.941 bits per heavy atom. The number of aromatic amines is 1. The normalized spacial score (nSPS) is 14.7. The Bertz CT molecular complexity index is 1420. The smallest absolute Gasteiger partial charge is 0.258 e. The van der Waals surface area contributed by atoms with Gasteiger partial charge < -0.3 is 9.88 Å². The number of nitrogens with one attached hydrogen (secondary N) is 1. The Hall–Kier alpha value is -2.91. The number of amides is 1. The number of carbonyl (C=O) groups is 1. The van der Waals surface area contributed by atoms with Crippen molar-refractivity contribution in [3.05, 3.63) is 83.5 Å². The Balaban J connectivity index is 0.00000274. The number of pyridine rings is 1. The first-order valence-corrected chi connectivity index (χ1v) is 12.3. The van der Waals surface area contributed by atoms with Crippen LogP contribution in [0.5, 0.6) is 0 Å². The molecule has 10 heteroatoms. The number of H-pyrrole nitrogens is 1. The van der Waals surface area contributed by atoms with Crippen LogP contribution >= 0.6 is 24.0 Å². The predicted octanol–water partition coefficient (Wildman–Crippen LogP) is 4.45. The summed E-state index contributed by atoms with van der Waals surface area (Å²) in [6.07, 6.45) is 1.73. The van der Waals surface area contributed by atoms with E-state index in [2.05, 4.69) is 9.97 Å². The zero-order chi connectivity index (χ0) is 23.0. The molecule has 4 aromatic rings. The van der Waals surface area contributed by atoms with Gasteiger partial charge in [0.1, 0.15) is 5.03 Å². The van der Waals surface area contributed by atoms with Crippen LogP contribution in [-0.4, -0.2) is 59.7 Å². The fourth-order valence-electron chi connectivity index (χ4n) is 3.99. The molecule has 1 fully saturated rings. The molecule has 34 heavy (non-hydrogen) atoms. The van der Waals surface area contributed by atoms with Gasteiger partial charge in [-0.25, -0.2) is 8.42 Å². The molecule has 0 saturated carbocycles. The van der Waals surface area contributed by atoms with Gasteiger partial charge >= 0.3 is 0 Å². The summed E-state index contributed by atoms with van der Waals surface area (Å²) in [5, 5.41) is 1.42. The summed E-state index contributed by atoms with van der Waals surface area (Å²) in [6, 6.07) is 19.8. The van der Waals surface area contributed by atoms with Gasteiger partial charge in [-0.3, -0.25) is 9.78 Å². The first kappa shape index (κ1) is 24.2. The molecule has 3 heterocycles. The number of halogens is 2. The number of fused-ring (bicyclic) bond motifs is 1. The third kappa shape index (κ3) is 4.67. The molecule has 0 spiro atoms. The van der Waals surface area contributed by atoms with E-state index < -0.39 is 10.0 Å². The van der Waals surface area contributed by atoms with Gasteiger partial charge in [0.2, 0.25) is 0 Å². The second-order valence-corrected chi connectivity index (χ2v) is 10.2. The van der Waals surface area contributed by atoms with E-state index in [0.717, 1.165) is 16.6 Å². The van der Waals surface area contributed by atoms with Crippen LogP contribution in [0.3, 0.4) is 0 Å². The third-order valence-electron chi connectivity index (χ3n) is 5.79. The second kappa shape index (κ2) is 9.76. The molecule has 1 N–H and O–H groups in total. The van der Waals surface area contributed by atoms with Gasteiger partial charge in [-0.1, -0.05) is 29.8 Å². The number of benzene rings is 2. The lowest BCUT2D eigenvalue weighted by atomic mass is 10.1. The third-order valence-corrected chi connectivity index (χ3v) is 7.85. The average molecular weight is 517 g/mol. The molecule has 0 aliphatic carbocycles. The highest BCUT2D eigenvalue weighted by molar-refractivity contribution is 7.89. The maximum Gasteiger partial charge on any atom is 0.258 e. The lowest BCUT2D eigenvalue weighted by Crippen LogP contribution is -2.50. The van der Waals surface area contributed by atoms with Crippen LogP contribution in [0.15, 0.2) is 78.0 Å². The summed E-state index contributed by atoms with van der Waals surface area (Å²) >= 11 is 6.01. The molecule has 2 aromatic carbocycles. The lowest BCUT2D eigenvalue weighted by Gasteiger charge is -2.33. The maximum absolute atomic E-state index is 13.1. The first-order valence-electron chi connectivity index (χ1n) is 10.5. The van der Waals surface area contributed by atoms with Gasteiger partial charge in [0, 0.05) is 59.4 Å². The molecule has 2 aromatic heterocycles. The number of piperazine rings is 1. The van der Waals surface area contributed by atoms with Crippen LogP contribution in [0.4, 0.5) is 0 Å². The van der Waals surface area contributed by atoms with Crippen LogP contribution in [0.25, 0.3) is 22.2 Å². The van der Waals surface area contributed by atoms with Crippen molar-refractivity contribution in [1.29, 1.82) is 0 Å². The summed E-state index contributed by atoms with van der Waals surface area (Å²) in [6.45, 7) is 1.12. The number of hydrogen-bond donors (Lipinski definition) is 1. The Morgan fingerprint density at radius 3 is 2.35 bits per heavy atom. The molecule has 0 atom stereocenters. The molecule has 7 nitrogen and oxygen atoms in total. The van der Waals surface area contributed by atoms with Crippen LogP contribution in [0.1, 0.15) is 10.4 Å². The van der Waals surface area contributed by atoms with Crippen molar-refractivity contribution >= 4 is 50.8 Å². The monoisotopic (exact) mass is 516 g/mol. The van der Waals surface area contributed by atoms with E-state index in [-0.39, 0.29) is 36.4 Å². The lowest BCUT2D eigenvalue weighted by molar-refractivity contribution is 0.0698. The quantitative estimate of drug-likeness (QED) is 0.434. The number of sulfonamides is 1. The van der Waals surface area contributed by atoms with E-state index in [1.54, 1.807) is 47.5 Å². The number of nitrogens with zero attached hydrogens (tertiary/aromatic N) is 3. The van der Waals surface area contributed by atoms with E-state index >= 15 is 0 Å². The summed E-state index contributed by atoms with van der Waals surface area (Å²) in [4.78, 5) is 21.9. The number of rotatable bonds is 4. The van der Waals surface area contributed by atoms with Crippen molar-refractivity contribution < 1.29 is 13.2 Å². The number of aromatic nitrogens is 2. The van der Waals surface area contributed by atoms with Crippen molar-refractivity contribution in [1.82, 2.24) is 19.2 Å². The van der Waals surface area contributed by atoms with E-state index in [1.807, 2.05) is 30.3 Å². The SMILES string of the molecule is Cl.O=C(c1ccc(-c2ccccn2)cc1)N1CCN(S(=O)(=O)c2cc3cc(Cl)ccc3[nH]2)CC1. The van der Waals surface area contributed by atoms with E-state index in [4.69, 9.17) is 11.6 Å². The zero-order valence-corrected chi connectivity index (χ0v) is 20.4. The Morgan fingerprint density at radius 2 is 1.68 bits per heavy atom. The largest absolute Gasteiger partial charge is 0.345 e. The molecular weight excluding hydrogens is 495 g/mol. The molecule has 0 bridgehead atoms. The van der Waals surface area contributed by atoms with Crippen molar-refractivity contribution in [2.24, 2.45) is 0 Å². The van der Waals surface area contributed by atoms with Gasteiger partial charge in [-0.15, -0.1) is 12.4 Å². The summed E-state index contributed by atoms with van der Waals surface area (Å²) in [7, 11) is -3.70. The molecule has 1 aliphatic heterocycles. The highest BCUT2D eigenvalue weighted by atomic mass is 35.5. The van der Waals surface area contributed by atoms with Gasteiger partial charge in [-0.2, -0.15) is 4.31 Å². The minimum atomic E-state index is -3.70. The Labute approximate surface area is 208 Å². The van der Waals surface area contributed by atoms with Crippen LogP contribution in [-0.2, 0) is 10.0 Å². The summed E-state index contributed by atoms with van der Waals surface area (Å²) in [5.41, 5.74) is 3.05. The predicted molar refractivity (Wildman–Crippen MR) is 135 cm³/mol. The molecule has 1 aliphatic rings. The highest BCUT2D eigenvalue weighted by Gasteiger charge is 2.31. The minimum Gasteiger partial charge on any atom is -0.345 e. The number of carbonyl (C=O) groups excluding carboxylic acids is 1. The molecular formula is C24H22Cl2N4O3S. The standard InChI is InChI=1S/C24H21ClN4O3S.ClH/c25-20-8-9-22-19(15-20)16-23(27-22)33(31,32)29-13-11-28(12-14-29)24(30)18-6-4-17(5-7-18)21-3-1-2-10-26-21;/h1-10,15-16,27H,11-14H2;1H. The van der Waals surface area contributed by atoms with Crippen LogP contribution in [0, 0.1) is 0 Å². The van der Waals surface area contributed by atoms with Crippen LogP contribution in [0.2, 0.25) is 5.02 Å². The maximum atomic E-state index is 13.1. The topological polar surface area (TPSA) is 86.4 Å². The van der Waals surface area contributed by atoms with Crippen molar-refractivity contribution in [2.45, 2.75) is 5.03 Å². The van der Waals surface area contributed by atoms with E-state index in [9.17, 15) is 13.2 Å². The molecule has 0 unspecified atom stereocenters. The van der Waals surface area contributed by atoms with E-state index in [1.165, 1.54) is 4.31 Å². The first-order chi connectivity index (χ1) is 15.9. The number of hydrogen-bond acceptors (Lipinski definition) is 4. The minimum absolute atomic E-state index is 0. The van der Waals surface area contributed by atoms with Crippen molar-refractivity contribution in [3.63, 3.8) is 0 Å². The molecule has 5 rings (SSSR count). The molecule has 1 saturated heterocycles.